The summed E-state index contributed by atoms with van der Waals surface area (Å²) in [7, 11) is 0. The van der Waals surface area contributed by atoms with Gasteiger partial charge in [0.05, 0.1) is 5.92 Å². The zero-order valence-electron chi connectivity index (χ0n) is 10.6. The number of carboxylic acids is 1. The number of hydrogen-bond acceptors (Lipinski definition) is 2. The average molecular weight is 355 g/mol. The van der Waals surface area contributed by atoms with Crippen molar-refractivity contribution in [1.29, 1.82) is 0 Å². The first-order valence-electron chi connectivity index (χ1n) is 6.12. The second-order valence-electron chi connectivity index (χ2n) is 4.56. The first kappa shape index (κ1) is 15.0. The Hall–Kier alpha value is -1.39. The van der Waals surface area contributed by atoms with E-state index in [4.69, 9.17) is 11.6 Å². The van der Waals surface area contributed by atoms with E-state index in [1.807, 2.05) is 30.3 Å². The summed E-state index contributed by atoms with van der Waals surface area (Å²) in [5.41, 5.74) is 1.87. The molecule has 1 heterocycles. The van der Waals surface area contributed by atoms with E-state index in [9.17, 15) is 9.90 Å². The number of aromatic nitrogens is 1. The molecule has 3 nitrogen and oxygen atoms in total. The maximum absolute atomic E-state index is 11.4. The minimum Gasteiger partial charge on any atom is -0.481 e. The third kappa shape index (κ3) is 4.32. The van der Waals surface area contributed by atoms with E-state index in [0.717, 1.165) is 15.6 Å². The van der Waals surface area contributed by atoms with Crippen LogP contribution in [0.2, 0.25) is 5.15 Å². The van der Waals surface area contributed by atoms with Gasteiger partial charge in [-0.15, -0.1) is 0 Å². The van der Waals surface area contributed by atoms with Crippen LogP contribution < -0.4 is 0 Å². The highest BCUT2D eigenvalue weighted by atomic mass is 79.9. The Kier molecular flexibility index (Phi) is 5.15. The molecule has 20 heavy (non-hydrogen) atoms. The molecule has 0 bridgehead atoms. The van der Waals surface area contributed by atoms with E-state index < -0.39 is 11.9 Å². The predicted octanol–water partition coefficient (Wildman–Crippen LogP) is 3.98. The van der Waals surface area contributed by atoms with E-state index in [2.05, 4.69) is 20.9 Å². The van der Waals surface area contributed by atoms with Gasteiger partial charge < -0.3 is 5.11 Å². The van der Waals surface area contributed by atoms with Gasteiger partial charge in [0.25, 0.3) is 0 Å². The summed E-state index contributed by atoms with van der Waals surface area (Å²) >= 11 is 9.12. The van der Waals surface area contributed by atoms with Gasteiger partial charge in [-0.05, 0) is 42.2 Å². The molecule has 0 amide bonds. The quantitative estimate of drug-likeness (QED) is 0.826. The zero-order chi connectivity index (χ0) is 14.5. The Bertz CT molecular complexity index is 601. The molecule has 0 saturated heterocycles. The Morgan fingerprint density at radius 2 is 2.00 bits per heavy atom. The fraction of sp³-hybridized carbons (Fsp3) is 0.200. The molecular formula is C15H13BrClNO2. The molecule has 0 radical (unpaired) electrons. The highest BCUT2D eigenvalue weighted by molar-refractivity contribution is 9.10. The third-order valence-corrected chi connectivity index (χ3v) is 3.71. The smallest absolute Gasteiger partial charge is 0.307 e. The minimum atomic E-state index is -0.806. The molecule has 0 saturated carbocycles. The first-order chi connectivity index (χ1) is 9.54. The van der Waals surface area contributed by atoms with Crippen molar-refractivity contribution in [3.63, 3.8) is 0 Å². The molecule has 1 atom stereocenters. The molecule has 1 N–H and O–H groups in total. The molecule has 0 aliphatic heterocycles. The van der Waals surface area contributed by atoms with Gasteiger partial charge in [0.1, 0.15) is 5.15 Å². The molecule has 2 rings (SSSR count). The van der Waals surface area contributed by atoms with Gasteiger partial charge in [0.2, 0.25) is 0 Å². The average Bonchev–Trinajstić information content (AvgIpc) is 2.40. The van der Waals surface area contributed by atoms with Crippen LogP contribution in [-0.2, 0) is 17.6 Å². The van der Waals surface area contributed by atoms with E-state index in [1.54, 1.807) is 12.3 Å². The Morgan fingerprint density at radius 3 is 2.60 bits per heavy atom. The van der Waals surface area contributed by atoms with E-state index in [1.165, 1.54) is 0 Å². The number of pyridine rings is 1. The van der Waals surface area contributed by atoms with Crippen LogP contribution in [0.5, 0.6) is 0 Å². The monoisotopic (exact) mass is 353 g/mol. The van der Waals surface area contributed by atoms with Gasteiger partial charge >= 0.3 is 5.97 Å². The van der Waals surface area contributed by atoms with Gasteiger partial charge in [0, 0.05) is 10.7 Å². The van der Waals surface area contributed by atoms with E-state index >= 15 is 0 Å². The van der Waals surface area contributed by atoms with Crippen LogP contribution in [-0.4, -0.2) is 16.1 Å². The number of carbonyl (C=O) groups is 1. The standard InChI is InChI=1S/C15H13BrClNO2/c16-13-3-1-2-10(8-13)6-12(15(19)20)7-11-4-5-14(17)18-9-11/h1-5,8-9,12H,6-7H2,(H,19,20). The predicted molar refractivity (Wildman–Crippen MR) is 81.9 cm³/mol. The molecule has 104 valence electrons. The molecule has 1 aromatic heterocycles. The molecule has 2 aromatic rings. The van der Waals surface area contributed by atoms with Gasteiger partial charge in [-0.2, -0.15) is 0 Å². The molecule has 5 heteroatoms. The third-order valence-electron chi connectivity index (χ3n) is 2.99. The van der Waals surface area contributed by atoms with Crippen molar-refractivity contribution in [2.45, 2.75) is 12.8 Å². The van der Waals surface area contributed by atoms with Crippen LogP contribution in [0.15, 0.2) is 47.1 Å². The topological polar surface area (TPSA) is 50.2 Å². The number of rotatable bonds is 5. The number of benzene rings is 1. The van der Waals surface area contributed by atoms with E-state index in [-0.39, 0.29) is 0 Å². The van der Waals surface area contributed by atoms with Crippen LogP contribution in [0.1, 0.15) is 11.1 Å². The van der Waals surface area contributed by atoms with Crippen molar-refractivity contribution >= 4 is 33.5 Å². The summed E-state index contributed by atoms with van der Waals surface area (Å²) in [5, 5.41) is 9.77. The highest BCUT2D eigenvalue weighted by Gasteiger charge is 2.19. The lowest BCUT2D eigenvalue weighted by atomic mass is 9.93. The van der Waals surface area contributed by atoms with Crippen molar-refractivity contribution in [1.82, 2.24) is 4.98 Å². The number of carboxylic acid groups (broad SMARTS) is 1. The molecule has 0 aliphatic carbocycles. The van der Waals surface area contributed by atoms with Crippen molar-refractivity contribution in [3.8, 4) is 0 Å². The Labute approximate surface area is 130 Å². The van der Waals surface area contributed by atoms with Gasteiger partial charge in [-0.25, -0.2) is 4.98 Å². The normalized spacial score (nSPS) is 12.1. The van der Waals surface area contributed by atoms with Crippen LogP contribution in [0, 0.1) is 5.92 Å². The highest BCUT2D eigenvalue weighted by Crippen LogP contribution is 2.18. The fourth-order valence-electron chi connectivity index (χ4n) is 2.01. The second kappa shape index (κ2) is 6.86. The SMILES string of the molecule is O=C(O)C(Cc1ccc(Cl)nc1)Cc1cccc(Br)c1. The second-order valence-corrected chi connectivity index (χ2v) is 5.87. The largest absolute Gasteiger partial charge is 0.481 e. The maximum atomic E-state index is 11.4. The summed E-state index contributed by atoms with van der Waals surface area (Å²) in [5.74, 6) is -1.28. The van der Waals surface area contributed by atoms with Crippen LogP contribution >= 0.6 is 27.5 Å². The van der Waals surface area contributed by atoms with Crippen molar-refractivity contribution in [3.05, 3.63) is 63.3 Å². The summed E-state index contributed by atoms with van der Waals surface area (Å²) in [6.07, 6.45) is 2.54. The summed E-state index contributed by atoms with van der Waals surface area (Å²) in [4.78, 5) is 15.4. The Balaban J connectivity index is 2.11. The molecule has 1 aromatic carbocycles. The van der Waals surface area contributed by atoms with Crippen molar-refractivity contribution in [2.24, 2.45) is 5.92 Å². The van der Waals surface area contributed by atoms with Crippen LogP contribution in [0.4, 0.5) is 0 Å². The number of hydrogen-bond donors (Lipinski definition) is 1. The van der Waals surface area contributed by atoms with Crippen LogP contribution in [0.3, 0.4) is 0 Å². The van der Waals surface area contributed by atoms with Gasteiger partial charge in [-0.1, -0.05) is 45.7 Å². The molecule has 0 aliphatic rings. The lowest BCUT2D eigenvalue weighted by molar-refractivity contribution is -0.141. The number of nitrogens with zero attached hydrogens (tertiary/aromatic N) is 1. The van der Waals surface area contributed by atoms with Crippen LogP contribution in [0.25, 0.3) is 0 Å². The Morgan fingerprint density at radius 1 is 1.25 bits per heavy atom. The molecule has 0 fully saturated rings. The molecule has 0 spiro atoms. The lowest BCUT2D eigenvalue weighted by Gasteiger charge is -2.12. The maximum Gasteiger partial charge on any atom is 0.307 e. The van der Waals surface area contributed by atoms with Gasteiger partial charge in [0.15, 0.2) is 0 Å². The fourth-order valence-corrected chi connectivity index (χ4v) is 2.57. The van der Waals surface area contributed by atoms with Crippen molar-refractivity contribution in [2.75, 3.05) is 0 Å². The summed E-state index contributed by atoms with van der Waals surface area (Å²) in [6, 6.07) is 11.2. The molecular weight excluding hydrogens is 342 g/mol. The number of halogens is 2. The summed E-state index contributed by atoms with van der Waals surface area (Å²) in [6.45, 7) is 0. The van der Waals surface area contributed by atoms with Gasteiger partial charge in [-0.3, -0.25) is 4.79 Å². The molecule has 1 unspecified atom stereocenters. The van der Waals surface area contributed by atoms with Crippen molar-refractivity contribution < 1.29 is 9.90 Å². The zero-order valence-corrected chi connectivity index (χ0v) is 12.9. The van der Waals surface area contributed by atoms with E-state index in [0.29, 0.717) is 18.0 Å². The summed E-state index contributed by atoms with van der Waals surface area (Å²) < 4.78 is 0.951. The minimum absolute atomic E-state index is 0.410. The lowest BCUT2D eigenvalue weighted by Crippen LogP contribution is -2.19. The number of aliphatic carboxylic acids is 1. The first-order valence-corrected chi connectivity index (χ1v) is 7.29.